The van der Waals surface area contributed by atoms with Crippen LogP contribution in [0.1, 0.15) is 31.2 Å². The van der Waals surface area contributed by atoms with Crippen molar-refractivity contribution in [1.29, 1.82) is 0 Å². The second-order valence-corrected chi connectivity index (χ2v) is 9.36. The molecule has 1 aromatic carbocycles. The fourth-order valence-electron chi connectivity index (χ4n) is 4.10. The van der Waals surface area contributed by atoms with Gasteiger partial charge in [0.2, 0.25) is 10.0 Å². The lowest BCUT2D eigenvalue weighted by Gasteiger charge is -2.39. The third kappa shape index (κ3) is 4.38. The van der Waals surface area contributed by atoms with Gasteiger partial charge < -0.3 is 10.2 Å². The summed E-state index contributed by atoms with van der Waals surface area (Å²) in [5.41, 5.74) is 1.42. The van der Waals surface area contributed by atoms with E-state index in [-0.39, 0.29) is 5.75 Å². The molecule has 1 aromatic rings. The summed E-state index contributed by atoms with van der Waals surface area (Å²) in [7, 11) is -1.23. The second-order valence-electron chi connectivity index (χ2n) is 7.27. The van der Waals surface area contributed by atoms with Gasteiger partial charge in [-0.25, -0.2) is 12.7 Å². The molecule has 2 heterocycles. The lowest BCUT2D eigenvalue weighted by atomic mass is 9.82. The second kappa shape index (κ2) is 8.39. The van der Waals surface area contributed by atoms with E-state index in [0.717, 1.165) is 31.9 Å². The Morgan fingerprint density at radius 1 is 1.27 bits per heavy atom. The first kappa shape index (κ1) is 19.2. The van der Waals surface area contributed by atoms with Crippen LogP contribution < -0.4 is 5.32 Å². The van der Waals surface area contributed by atoms with Crippen molar-refractivity contribution < 1.29 is 8.42 Å². The van der Waals surface area contributed by atoms with E-state index in [0.29, 0.717) is 31.5 Å². The quantitative estimate of drug-likeness (QED) is 0.640. The number of aliphatic imine (C=N–C) groups is 1. The molecule has 144 valence electrons. The summed E-state index contributed by atoms with van der Waals surface area (Å²) in [6.45, 7) is 5.97. The van der Waals surface area contributed by atoms with Gasteiger partial charge in [-0.05, 0) is 30.2 Å². The largest absolute Gasteiger partial charge is 0.355 e. The molecule has 2 aliphatic heterocycles. The Morgan fingerprint density at radius 2 is 2.04 bits per heavy atom. The van der Waals surface area contributed by atoms with Crippen molar-refractivity contribution >= 4 is 16.0 Å². The molecule has 26 heavy (non-hydrogen) atoms. The summed E-state index contributed by atoms with van der Waals surface area (Å²) in [5, 5.41) is 3.35. The highest BCUT2D eigenvalue weighted by Crippen LogP contribution is 2.32. The lowest BCUT2D eigenvalue weighted by molar-refractivity contribution is 0.234. The minimum Gasteiger partial charge on any atom is -0.355 e. The van der Waals surface area contributed by atoms with Crippen molar-refractivity contribution in [2.45, 2.75) is 25.7 Å². The Kier molecular flexibility index (Phi) is 6.19. The third-order valence-corrected chi connectivity index (χ3v) is 7.45. The molecular weight excluding hydrogens is 348 g/mol. The molecule has 0 radical (unpaired) electrons. The number of likely N-dealkylation sites (tertiary alicyclic amines) is 1. The Labute approximate surface area is 157 Å². The monoisotopic (exact) mass is 378 g/mol. The van der Waals surface area contributed by atoms with Gasteiger partial charge in [0.1, 0.15) is 0 Å². The third-order valence-electron chi connectivity index (χ3n) is 5.49. The molecule has 6 nitrogen and oxygen atoms in total. The Morgan fingerprint density at radius 3 is 2.65 bits per heavy atom. The number of hydrogen-bond donors (Lipinski definition) is 1. The molecule has 0 spiro atoms. The smallest absolute Gasteiger partial charge is 0.214 e. The zero-order valence-electron chi connectivity index (χ0n) is 15.8. The predicted molar refractivity (Wildman–Crippen MR) is 106 cm³/mol. The van der Waals surface area contributed by atoms with Crippen molar-refractivity contribution in [3.05, 3.63) is 35.9 Å². The minimum atomic E-state index is -3.02. The highest BCUT2D eigenvalue weighted by atomic mass is 32.2. The van der Waals surface area contributed by atoms with Crippen molar-refractivity contribution in [3.63, 3.8) is 0 Å². The van der Waals surface area contributed by atoms with Crippen molar-refractivity contribution in [2.24, 2.45) is 10.9 Å². The highest BCUT2D eigenvalue weighted by molar-refractivity contribution is 7.89. The summed E-state index contributed by atoms with van der Waals surface area (Å²) in [6.07, 6.45) is 1.84. The molecule has 0 bridgehead atoms. The summed E-state index contributed by atoms with van der Waals surface area (Å²) < 4.78 is 25.3. The summed E-state index contributed by atoms with van der Waals surface area (Å²) >= 11 is 0. The van der Waals surface area contributed by atoms with E-state index in [1.54, 1.807) is 11.4 Å². The number of nitrogens with zero attached hydrogens (tertiary/aromatic N) is 3. The molecular formula is C19H30N4O2S. The highest BCUT2D eigenvalue weighted by Gasteiger charge is 2.30. The van der Waals surface area contributed by atoms with Crippen LogP contribution in [-0.2, 0) is 10.0 Å². The van der Waals surface area contributed by atoms with E-state index in [1.165, 1.54) is 5.56 Å². The van der Waals surface area contributed by atoms with Gasteiger partial charge in [-0.3, -0.25) is 4.99 Å². The molecule has 2 aliphatic rings. The van der Waals surface area contributed by atoms with Gasteiger partial charge in [0, 0.05) is 39.8 Å². The standard InChI is InChI=1S/C19H30N4O2S/c1-16-15-22(12-9-18(16)17-7-4-3-5-8-17)19(20-2)21-10-13-23-11-6-14-26(23,24)25/h3-5,7-8,16,18H,6,9-15H2,1-2H3,(H,20,21). The maximum absolute atomic E-state index is 11.9. The van der Waals surface area contributed by atoms with Crippen LogP contribution in [0.25, 0.3) is 0 Å². The zero-order valence-corrected chi connectivity index (χ0v) is 16.6. The van der Waals surface area contributed by atoms with Gasteiger partial charge in [-0.1, -0.05) is 37.3 Å². The Hall–Kier alpha value is -1.60. The van der Waals surface area contributed by atoms with E-state index in [1.807, 2.05) is 0 Å². The first-order valence-corrected chi connectivity index (χ1v) is 11.1. The first-order valence-electron chi connectivity index (χ1n) is 9.49. The lowest BCUT2D eigenvalue weighted by Crippen LogP contribution is -2.49. The van der Waals surface area contributed by atoms with Gasteiger partial charge in [0.15, 0.2) is 5.96 Å². The molecule has 0 saturated carbocycles. The van der Waals surface area contributed by atoms with Crippen LogP contribution in [0.2, 0.25) is 0 Å². The average Bonchev–Trinajstić information content (AvgIpc) is 2.98. The molecule has 0 amide bonds. The molecule has 2 saturated heterocycles. The van der Waals surface area contributed by atoms with Gasteiger partial charge in [0.05, 0.1) is 5.75 Å². The van der Waals surface area contributed by atoms with E-state index < -0.39 is 10.0 Å². The molecule has 2 unspecified atom stereocenters. The minimum absolute atomic E-state index is 0.284. The fourth-order valence-corrected chi connectivity index (χ4v) is 5.63. The first-order chi connectivity index (χ1) is 12.5. The van der Waals surface area contributed by atoms with Gasteiger partial charge in [0.25, 0.3) is 0 Å². The Bertz CT molecular complexity index is 720. The van der Waals surface area contributed by atoms with Gasteiger partial charge in [-0.2, -0.15) is 0 Å². The maximum atomic E-state index is 11.9. The van der Waals surface area contributed by atoms with Crippen LogP contribution in [0.4, 0.5) is 0 Å². The number of nitrogens with one attached hydrogen (secondary N) is 1. The fraction of sp³-hybridized carbons (Fsp3) is 0.632. The number of benzene rings is 1. The Balaban J connectivity index is 1.52. The normalized spacial score (nSPS) is 26.8. The van der Waals surface area contributed by atoms with Crippen LogP contribution in [0.5, 0.6) is 0 Å². The molecule has 2 fully saturated rings. The van der Waals surface area contributed by atoms with Crippen LogP contribution in [-0.4, -0.2) is 69.1 Å². The topological polar surface area (TPSA) is 65.0 Å². The summed E-state index contributed by atoms with van der Waals surface area (Å²) in [5.74, 6) is 2.29. The van der Waals surface area contributed by atoms with Gasteiger partial charge in [-0.15, -0.1) is 0 Å². The molecule has 7 heteroatoms. The van der Waals surface area contributed by atoms with Crippen molar-refractivity contribution in [3.8, 4) is 0 Å². The zero-order chi connectivity index (χ0) is 18.6. The van der Waals surface area contributed by atoms with Crippen molar-refractivity contribution in [2.75, 3.05) is 45.5 Å². The average molecular weight is 379 g/mol. The van der Waals surface area contributed by atoms with Gasteiger partial charge >= 0.3 is 0 Å². The maximum Gasteiger partial charge on any atom is 0.214 e. The predicted octanol–water partition coefficient (Wildman–Crippen LogP) is 1.72. The molecule has 0 aliphatic carbocycles. The number of hydrogen-bond acceptors (Lipinski definition) is 3. The summed E-state index contributed by atoms with van der Waals surface area (Å²) in [4.78, 5) is 6.70. The van der Waals surface area contributed by atoms with Crippen LogP contribution in [0.3, 0.4) is 0 Å². The number of guanidine groups is 1. The number of rotatable bonds is 4. The molecule has 1 N–H and O–H groups in total. The van der Waals surface area contributed by atoms with Crippen LogP contribution in [0.15, 0.2) is 35.3 Å². The van der Waals surface area contributed by atoms with Crippen LogP contribution >= 0.6 is 0 Å². The van der Waals surface area contributed by atoms with E-state index in [9.17, 15) is 8.42 Å². The van der Waals surface area contributed by atoms with E-state index in [4.69, 9.17) is 0 Å². The molecule has 2 atom stereocenters. The number of piperidine rings is 1. The van der Waals surface area contributed by atoms with Crippen molar-refractivity contribution in [1.82, 2.24) is 14.5 Å². The summed E-state index contributed by atoms with van der Waals surface area (Å²) in [6, 6.07) is 10.7. The molecule has 0 aromatic heterocycles. The van der Waals surface area contributed by atoms with E-state index in [2.05, 4.69) is 52.5 Å². The SMILES string of the molecule is CN=C(NCCN1CCCS1(=O)=O)N1CCC(c2ccccc2)C(C)C1. The van der Waals surface area contributed by atoms with E-state index >= 15 is 0 Å². The molecule has 3 rings (SSSR count). The number of sulfonamides is 1. The van der Waals surface area contributed by atoms with Crippen LogP contribution in [0, 0.1) is 5.92 Å².